The van der Waals surface area contributed by atoms with Crippen molar-refractivity contribution in [3.63, 3.8) is 0 Å². The molecule has 13 heteroatoms. The molecule has 194 valence electrons. The van der Waals surface area contributed by atoms with Crippen LogP contribution in [0.5, 0.6) is 17.2 Å². The number of phenols is 1. The fourth-order valence-corrected chi connectivity index (χ4v) is 6.26. The minimum Gasteiger partial charge on any atom is -0.506 e. The van der Waals surface area contributed by atoms with Gasteiger partial charge in [0.1, 0.15) is 23.1 Å². The number of benzene rings is 2. The van der Waals surface area contributed by atoms with Gasteiger partial charge in [-0.05, 0) is 141 Å². The summed E-state index contributed by atoms with van der Waals surface area (Å²) < 4.78 is 14.1. The van der Waals surface area contributed by atoms with E-state index in [4.69, 9.17) is 20.9 Å². The van der Waals surface area contributed by atoms with Gasteiger partial charge in [-0.3, -0.25) is 0 Å². The molecule has 0 heterocycles. The van der Waals surface area contributed by atoms with Crippen LogP contribution >= 0.6 is 90.4 Å². The lowest BCUT2D eigenvalue weighted by molar-refractivity contribution is -0.139. The molecule has 9 nitrogen and oxygen atoms in total. The highest BCUT2D eigenvalue weighted by atomic mass is 127. The summed E-state index contributed by atoms with van der Waals surface area (Å²) in [6.45, 7) is 6.33. The number of nitrogens with one attached hydrogen (secondary N) is 1. The molecule has 0 spiro atoms. The second-order valence-electron chi connectivity index (χ2n) is 8.04. The number of amides is 1. The molecule has 0 bridgehead atoms. The molecule has 2 rings (SSSR count). The summed E-state index contributed by atoms with van der Waals surface area (Å²) in [5, 5.41) is 21.9. The molecule has 0 aromatic heterocycles. The Morgan fingerprint density at radius 3 is 1.86 bits per heavy atom. The summed E-state index contributed by atoms with van der Waals surface area (Å²) in [4.78, 5) is 23.6. The van der Waals surface area contributed by atoms with Crippen molar-refractivity contribution in [2.75, 3.05) is 13.1 Å². The molecule has 1 amide bonds. The van der Waals surface area contributed by atoms with Crippen LogP contribution in [0.3, 0.4) is 0 Å². The molecular weight excluding hydrogens is 910 g/mol. The van der Waals surface area contributed by atoms with Crippen molar-refractivity contribution < 1.29 is 29.3 Å². The zero-order valence-corrected chi connectivity index (χ0v) is 27.8. The Balaban J connectivity index is 0.00000142. The van der Waals surface area contributed by atoms with Crippen LogP contribution in [0.4, 0.5) is 4.79 Å². The molecule has 7 N–H and O–H groups in total. The maximum atomic E-state index is 12.0. The second kappa shape index (κ2) is 15.1. The fourth-order valence-electron chi connectivity index (χ4n) is 2.43. The number of carbonyl (C=O) groups excluding carboxylic acids is 1. The van der Waals surface area contributed by atoms with Crippen LogP contribution in [0.2, 0.25) is 0 Å². The summed E-state index contributed by atoms with van der Waals surface area (Å²) in [5.74, 6) is 0.286. The van der Waals surface area contributed by atoms with Crippen molar-refractivity contribution >= 4 is 102 Å². The van der Waals surface area contributed by atoms with Gasteiger partial charge in [0.05, 0.1) is 14.3 Å². The van der Waals surface area contributed by atoms with Gasteiger partial charge >= 0.3 is 12.1 Å². The van der Waals surface area contributed by atoms with Crippen molar-refractivity contribution in [2.45, 2.75) is 38.8 Å². The van der Waals surface area contributed by atoms with Crippen LogP contribution in [0.25, 0.3) is 0 Å². The Bertz CT molecular complexity index is 998. The SMILES string of the molecule is CC(C)(C)OC(=O)N[C@H](Cc1cc(I)c(Oc2cc(I)c(O)c(I)c2)c(I)c1)C(=O)O.NCCN. The van der Waals surface area contributed by atoms with Crippen LogP contribution in [-0.2, 0) is 16.0 Å². The molecule has 1 atom stereocenters. The highest BCUT2D eigenvalue weighted by molar-refractivity contribution is 14.1. The molecule has 2 aromatic carbocycles. The summed E-state index contributed by atoms with van der Waals surface area (Å²) in [6.07, 6.45) is -0.684. The van der Waals surface area contributed by atoms with Gasteiger partial charge in [0.15, 0.2) is 5.75 Å². The zero-order valence-electron chi connectivity index (χ0n) is 19.2. The monoisotopic (exact) mass is 937 g/mol. The third-order valence-corrected chi connectivity index (χ3v) is 7.11. The molecule has 2 aromatic rings. The third-order valence-electron chi connectivity index (χ3n) is 3.86. The number of alkyl carbamates (subject to hydrolysis) is 1. The summed E-state index contributed by atoms with van der Waals surface area (Å²) in [7, 11) is 0. The highest BCUT2D eigenvalue weighted by Gasteiger charge is 2.25. The van der Waals surface area contributed by atoms with E-state index in [1.54, 1.807) is 32.9 Å². The second-order valence-corrected chi connectivity index (χ2v) is 12.7. The minimum absolute atomic E-state index is 0.0931. The molecule has 0 unspecified atom stereocenters. The smallest absolute Gasteiger partial charge is 0.408 e. The number of aromatic hydroxyl groups is 1. The average molecular weight is 937 g/mol. The first kappa shape index (κ1) is 32.6. The van der Waals surface area contributed by atoms with Gasteiger partial charge in [0, 0.05) is 19.5 Å². The number of carboxylic acids is 1. The molecule has 0 saturated carbocycles. The van der Waals surface area contributed by atoms with E-state index >= 15 is 0 Å². The lowest BCUT2D eigenvalue weighted by Gasteiger charge is -2.22. The fraction of sp³-hybridized carbons (Fsp3) is 0.364. The first-order chi connectivity index (χ1) is 16.2. The maximum absolute atomic E-state index is 12.0. The van der Waals surface area contributed by atoms with Crippen molar-refractivity contribution in [3.05, 3.63) is 44.1 Å². The van der Waals surface area contributed by atoms with E-state index < -0.39 is 23.7 Å². The Morgan fingerprint density at radius 2 is 1.46 bits per heavy atom. The molecule has 35 heavy (non-hydrogen) atoms. The molecule has 0 fully saturated rings. The van der Waals surface area contributed by atoms with E-state index in [9.17, 15) is 19.8 Å². The lowest BCUT2D eigenvalue weighted by Crippen LogP contribution is -2.44. The van der Waals surface area contributed by atoms with Gasteiger partial charge in [0.2, 0.25) is 0 Å². The van der Waals surface area contributed by atoms with E-state index in [2.05, 4.69) is 50.5 Å². The quantitative estimate of drug-likeness (QED) is 0.243. The highest BCUT2D eigenvalue weighted by Crippen LogP contribution is 2.37. The van der Waals surface area contributed by atoms with Gasteiger partial charge in [0.25, 0.3) is 0 Å². The first-order valence-corrected chi connectivity index (χ1v) is 14.5. The van der Waals surface area contributed by atoms with Gasteiger partial charge in [-0.2, -0.15) is 0 Å². The van der Waals surface area contributed by atoms with Crippen molar-refractivity contribution in [3.8, 4) is 17.2 Å². The van der Waals surface area contributed by atoms with Gasteiger partial charge in [-0.1, -0.05) is 0 Å². The number of hydrogen-bond donors (Lipinski definition) is 5. The van der Waals surface area contributed by atoms with E-state index in [1.807, 2.05) is 57.3 Å². The number of phenolic OH excluding ortho intramolecular Hbond substituents is 1. The van der Waals surface area contributed by atoms with Crippen LogP contribution in [0, 0.1) is 14.3 Å². The van der Waals surface area contributed by atoms with Crippen molar-refractivity contribution in [1.29, 1.82) is 0 Å². The van der Waals surface area contributed by atoms with Gasteiger partial charge < -0.3 is 36.5 Å². The van der Waals surface area contributed by atoms with Crippen LogP contribution < -0.4 is 21.5 Å². The normalized spacial score (nSPS) is 11.7. The number of nitrogens with two attached hydrogens (primary N) is 2. The Kier molecular flexibility index (Phi) is 14.1. The zero-order chi connectivity index (χ0) is 26.9. The summed E-state index contributed by atoms with van der Waals surface area (Å²) in [5.41, 5.74) is 9.82. The Hall–Kier alpha value is -0.380. The van der Waals surface area contributed by atoms with E-state index in [-0.39, 0.29) is 12.2 Å². The maximum Gasteiger partial charge on any atom is 0.408 e. The Labute approximate surface area is 259 Å². The number of rotatable bonds is 7. The van der Waals surface area contributed by atoms with E-state index in [0.717, 1.165) is 12.7 Å². The number of carboxylic acid groups (broad SMARTS) is 1. The number of carbonyl (C=O) groups is 2. The molecule has 0 aliphatic heterocycles. The topological polar surface area (TPSA) is 157 Å². The standard InChI is InChI=1S/C20H19I4NO6.C2H8N2/c1-20(2,3)31-19(29)25-15(18(27)28)6-9-4-13(23)17(14(24)5-9)30-10-7-11(21)16(26)12(22)8-10;3-1-2-4/h4-5,7-8,15,26H,6H2,1-3H3,(H,25,29)(H,27,28);1-4H2/t15-;/m1./s1. The van der Waals surface area contributed by atoms with Crippen LogP contribution in [0.15, 0.2) is 24.3 Å². The van der Waals surface area contributed by atoms with E-state index in [1.165, 1.54) is 0 Å². The lowest BCUT2D eigenvalue weighted by atomic mass is 10.1. The third kappa shape index (κ3) is 11.7. The van der Waals surface area contributed by atoms with Gasteiger partial charge in [-0.25, -0.2) is 9.59 Å². The van der Waals surface area contributed by atoms with Crippen molar-refractivity contribution in [1.82, 2.24) is 5.32 Å². The Morgan fingerprint density at radius 1 is 0.971 bits per heavy atom. The van der Waals surface area contributed by atoms with Gasteiger partial charge in [-0.15, -0.1) is 0 Å². The number of aliphatic carboxylic acids is 1. The van der Waals surface area contributed by atoms with Crippen LogP contribution in [0.1, 0.15) is 26.3 Å². The van der Waals surface area contributed by atoms with Crippen LogP contribution in [-0.4, -0.2) is 47.0 Å². The summed E-state index contributed by atoms with van der Waals surface area (Å²) >= 11 is 8.33. The number of halogens is 4. The molecular formula is C22H27I4N3O6. The predicted molar refractivity (Wildman–Crippen MR) is 168 cm³/mol. The average Bonchev–Trinajstić information content (AvgIpc) is 2.72. The number of ether oxygens (including phenoxy) is 2. The molecule has 0 radical (unpaired) electrons. The molecule has 0 saturated heterocycles. The minimum atomic E-state index is -1.15. The largest absolute Gasteiger partial charge is 0.506 e. The number of hydrogen-bond acceptors (Lipinski definition) is 7. The summed E-state index contributed by atoms with van der Waals surface area (Å²) in [6, 6.07) is 5.99. The first-order valence-electron chi connectivity index (χ1n) is 10.1. The molecule has 0 aliphatic rings. The van der Waals surface area contributed by atoms with E-state index in [0.29, 0.717) is 31.7 Å². The van der Waals surface area contributed by atoms with Crippen molar-refractivity contribution in [2.24, 2.45) is 11.5 Å². The molecule has 0 aliphatic carbocycles. The predicted octanol–water partition coefficient (Wildman–Crippen LogP) is 5.03.